The number of hydrogen-bond acceptors (Lipinski definition) is 3. The fourth-order valence-electron chi connectivity index (χ4n) is 2.50. The average Bonchev–Trinajstić information content (AvgIpc) is 2.91. The Morgan fingerprint density at radius 1 is 1.45 bits per heavy atom. The summed E-state index contributed by atoms with van der Waals surface area (Å²) in [4.78, 5) is 12.2. The van der Waals surface area contributed by atoms with Gasteiger partial charge in [0.15, 0.2) is 0 Å². The maximum Gasteiger partial charge on any atom is 0.315 e. The van der Waals surface area contributed by atoms with Gasteiger partial charge in [-0.05, 0) is 29.7 Å². The maximum absolute atomic E-state index is 12.2. The minimum absolute atomic E-state index is 0.165. The summed E-state index contributed by atoms with van der Waals surface area (Å²) < 4.78 is 0. The highest BCUT2D eigenvalue weighted by Crippen LogP contribution is 2.29. The Hall–Kier alpha value is -0.910. The van der Waals surface area contributed by atoms with Crippen molar-refractivity contribution in [3.8, 4) is 0 Å². The summed E-state index contributed by atoms with van der Waals surface area (Å²) >= 11 is 7.95. The third-order valence-electron chi connectivity index (χ3n) is 3.85. The second-order valence-corrected chi connectivity index (χ2v) is 7.61. The van der Waals surface area contributed by atoms with Gasteiger partial charge in [-0.2, -0.15) is 11.8 Å². The number of benzene rings is 1. The molecule has 1 fully saturated rings. The van der Waals surface area contributed by atoms with Gasteiger partial charge >= 0.3 is 6.03 Å². The molecular weight excluding hydrogens is 320 g/mol. The van der Waals surface area contributed by atoms with Crippen molar-refractivity contribution in [2.75, 3.05) is 18.1 Å². The second-order valence-electron chi connectivity index (χ2n) is 6.10. The molecule has 1 aromatic rings. The molecule has 1 aromatic carbocycles. The molecule has 2 rings (SSSR count). The molecule has 2 atom stereocenters. The quantitative estimate of drug-likeness (QED) is 0.770. The SMILES string of the molecule is CC(C)C(NC(=O)NCC1(O)CCSC1)c1ccccc1Cl. The van der Waals surface area contributed by atoms with Gasteiger partial charge in [-0.3, -0.25) is 0 Å². The van der Waals surface area contributed by atoms with Gasteiger partial charge in [-0.25, -0.2) is 4.79 Å². The lowest BCUT2D eigenvalue weighted by molar-refractivity contribution is 0.0698. The molecule has 2 amide bonds. The van der Waals surface area contributed by atoms with Gasteiger partial charge in [0.1, 0.15) is 0 Å². The first kappa shape index (κ1) is 17.4. The van der Waals surface area contributed by atoms with E-state index in [0.29, 0.717) is 10.8 Å². The van der Waals surface area contributed by atoms with Gasteiger partial charge in [0.25, 0.3) is 0 Å². The number of nitrogens with one attached hydrogen (secondary N) is 2. The standard InChI is InChI=1S/C16H23ClN2O2S/c1-11(2)14(12-5-3-4-6-13(12)17)19-15(20)18-9-16(21)7-8-22-10-16/h3-6,11,14,21H,7-10H2,1-2H3,(H2,18,19,20). The molecule has 1 aliphatic heterocycles. The van der Waals surface area contributed by atoms with E-state index in [9.17, 15) is 9.90 Å². The van der Waals surface area contributed by atoms with Gasteiger partial charge in [-0.15, -0.1) is 0 Å². The molecule has 0 aromatic heterocycles. The molecule has 0 saturated carbocycles. The fraction of sp³-hybridized carbons (Fsp3) is 0.562. The van der Waals surface area contributed by atoms with Crippen molar-refractivity contribution in [2.24, 2.45) is 5.92 Å². The smallest absolute Gasteiger partial charge is 0.315 e. The first-order chi connectivity index (χ1) is 10.4. The fourth-order valence-corrected chi connectivity index (χ4v) is 4.05. The molecule has 0 aliphatic carbocycles. The molecular formula is C16H23ClN2O2S. The van der Waals surface area contributed by atoms with Gasteiger partial charge in [0, 0.05) is 17.3 Å². The van der Waals surface area contributed by atoms with Crippen LogP contribution in [0.15, 0.2) is 24.3 Å². The summed E-state index contributed by atoms with van der Waals surface area (Å²) in [6.07, 6.45) is 0.718. The Kier molecular flexibility index (Phi) is 6.01. The molecule has 22 heavy (non-hydrogen) atoms. The lowest BCUT2D eigenvalue weighted by Crippen LogP contribution is -2.47. The number of rotatable bonds is 5. The molecule has 0 radical (unpaired) electrons. The van der Waals surface area contributed by atoms with Crippen LogP contribution in [0.5, 0.6) is 0 Å². The van der Waals surface area contributed by atoms with Crippen LogP contribution in [0.4, 0.5) is 4.79 Å². The molecule has 0 spiro atoms. The largest absolute Gasteiger partial charge is 0.387 e. The van der Waals surface area contributed by atoms with Crippen molar-refractivity contribution in [1.29, 1.82) is 0 Å². The van der Waals surface area contributed by atoms with Crippen LogP contribution in [-0.2, 0) is 0 Å². The molecule has 122 valence electrons. The van der Waals surface area contributed by atoms with Gasteiger partial charge in [0.2, 0.25) is 0 Å². The zero-order valence-electron chi connectivity index (χ0n) is 12.9. The van der Waals surface area contributed by atoms with E-state index in [0.717, 1.165) is 17.7 Å². The van der Waals surface area contributed by atoms with Crippen molar-refractivity contribution in [1.82, 2.24) is 10.6 Å². The van der Waals surface area contributed by atoms with E-state index in [1.165, 1.54) is 0 Å². The number of halogens is 1. The number of hydrogen-bond donors (Lipinski definition) is 3. The van der Waals surface area contributed by atoms with E-state index in [1.807, 2.05) is 38.1 Å². The number of amides is 2. The second kappa shape index (κ2) is 7.57. The monoisotopic (exact) mass is 342 g/mol. The normalized spacial score (nSPS) is 22.6. The molecule has 6 heteroatoms. The van der Waals surface area contributed by atoms with Gasteiger partial charge in [0.05, 0.1) is 11.6 Å². The Bertz CT molecular complexity index is 519. The minimum atomic E-state index is -0.778. The van der Waals surface area contributed by atoms with Crippen LogP contribution in [0, 0.1) is 5.92 Å². The average molecular weight is 343 g/mol. The van der Waals surface area contributed by atoms with E-state index in [1.54, 1.807) is 11.8 Å². The molecule has 3 N–H and O–H groups in total. The predicted molar refractivity (Wildman–Crippen MR) is 92.5 cm³/mol. The van der Waals surface area contributed by atoms with Crippen LogP contribution in [0.2, 0.25) is 5.02 Å². The molecule has 1 aliphatic rings. The summed E-state index contributed by atoms with van der Waals surface area (Å²) in [6, 6.07) is 7.09. The minimum Gasteiger partial charge on any atom is -0.387 e. The van der Waals surface area contributed by atoms with Crippen molar-refractivity contribution in [3.63, 3.8) is 0 Å². The van der Waals surface area contributed by atoms with Crippen LogP contribution in [0.1, 0.15) is 31.9 Å². The molecule has 4 nitrogen and oxygen atoms in total. The van der Waals surface area contributed by atoms with Gasteiger partial charge < -0.3 is 15.7 Å². The number of aliphatic hydroxyl groups is 1. The van der Waals surface area contributed by atoms with E-state index < -0.39 is 5.60 Å². The van der Waals surface area contributed by atoms with Crippen molar-refractivity contribution >= 4 is 29.4 Å². The summed E-state index contributed by atoms with van der Waals surface area (Å²) in [5.41, 5.74) is 0.129. The van der Waals surface area contributed by atoms with Crippen LogP contribution in [0.25, 0.3) is 0 Å². The molecule has 2 unspecified atom stereocenters. The van der Waals surface area contributed by atoms with Gasteiger partial charge in [-0.1, -0.05) is 43.6 Å². The highest BCUT2D eigenvalue weighted by atomic mass is 35.5. The number of carbonyl (C=O) groups excluding carboxylic acids is 1. The number of carbonyl (C=O) groups is 1. The Balaban J connectivity index is 1.96. The predicted octanol–water partition coefficient (Wildman–Crippen LogP) is 3.20. The Morgan fingerprint density at radius 3 is 2.77 bits per heavy atom. The maximum atomic E-state index is 12.2. The zero-order chi connectivity index (χ0) is 16.2. The zero-order valence-corrected chi connectivity index (χ0v) is 14.5. The van der Waals surface area contributed by atoms with Crippen molar-refractivity contribution in [3.05, 3.63) is 34.9 Å². The third-order valence-corrected chi connectivity index (χ3v) is 5.43. The number of urea groups is 1. The lowest BCUT2D eigenvalue weighted by Gasteiger charge is -2.26. The topological polar surface area (TPSA) is 61.4 Å². The van der Waals surface area contributed by atoms with E-state index in [-0.39, 0.29) is 24.5 Å². The van der Waals surface area contributed by atoms with Crippen LogP contribution in [0.3, 0.4) is 0 Å². The first-order valence-corrected chi connectivity index (χ1v) is 9.03. The Labute approximate surface area is 141 Å². The van der Waals surface area contributed by atoms with Crippen LogP contribution in [-0.4, -0.2) is 34.8 Å². The van der Waals surface area contributed by atoms with E-state index in [2.05, 4.69) is 10.6 Å². The highest BCUT2D eigenvalue weighted by Gasteiger charge is 2.32. The summed E-state index contributed by atoms with van der Waals surface area (Å²) in [6.45, 7) is 4.35. The Morgan fingerprint density at radius 2 is 2.18 bits per heavy atom. The molecule has 1 heterocycles. The lowest BCUT2D eigenvalue weighted by atomic mass is 9.96. The van der Waals surface area contributed by atoms with Crippen LogP contribution < -0.4 is 10.6 Å². The van der Waals surface area contributed by atoms with Crippen LogP contribution >= 0.6 is 23.4 Å². The summed E-state index contributed by atoms with van der Waals surface area (Å²) in [5, 5.41) is 16.7. The number of thioether (sulfide) groups is 1. The third kappa shape index (κ3) is 4.54. The summed E-state index contributed by atoms with van der Waals surface area (Å²) in [5.74, 6) is 1.81. The van der Waals surface area contributed by atoms with Crippen molar-refractivity contribution < 1.29 is 9.90 Å². The van der Waals surface area contributed by atoms with E-state index >= 15 is 0 Å². The highest BCUT2D eigenvalue weighted by molar-refractivity contribution is 7.99. The van der Waals surface area contributed by atoms with E-state index in [4.69, 9.17) is 11.6 Å². The first-order valence-electron chi connectivity index (χ1n) is 7.50. The van der Waals surface area contributed by atoms with Crippen molar-refractivity contribution in [2.45, 2.75) is 31.9 Å². The summed E-state index contributed by atoms with van der Waals surface area (Å²) in [7, 11) is 0. The molecule has 0 bridgehead atoms. The molecule has 1 saturated heterocycles.